The lowest BCUT2D eigenvalue weighted by Gasteiger charge is -1.97. The first-order valence-corrected chi connectivity index (χ1v) is 6.11. The summed E-state index contributed by atoms with van der Waals surface area (Å²) in [5, 5.41) is 0. The summed E-state index contributed by atoms with van der Waals surface area (Å²) in [4.78, 5) is 10.1. The maximum Gasteiger partial charge on any atom is 0.119 e. The van der Waals surface area contributed by atoms with Crippen LogP contribution in [0.1, 0.15) is 58.3 Å². The molecule has 0 unspecified atom stereocenters. The van der Waals surface area contributed by atoms with Gasteiger partial charge in [-0.3, -0.25) is 0 Å². The highest BCUT2D eigenvalue weighted by molar-refractivity contribution is 5.48. The topological polar surface area (TPSA) is 17.1 Å². The van der Waals surface area contributed by atoms with E-state index >= 15 is 0 Å². The van der Waals surface area contributed by atoms with E-state index in [1.165, 1.54) is 32.1 Å². The Morgan fingerprint density at radius 2 is 1.47 bits per heavy atom. The Kier molecular flexibility index (Phi) is 12.4. The van der Waals surface area contributed by atoms with E-state index in [0.717, 1.165) is 25.5 Å². The monoisotopic (exact) mass is 208 g/mol. The summed E-state index contributed by atoms with van der Waals surface area (Å²) in [6, 6.07) is 0. The fraction of sp³-hybridized carbons (Fsp3) is 0.643. The lowest BCUT2D eigenvalue weighted by molar-refractivity contribution is -0.107. The Bertz CT molecular complexity index is 180. The maximum atomic E-state index is 10.1. The molecular weight excluding hydrogens is 184 g/mol. The van der Waals surface area contributed by atoms with Gasteiger partial charge in [0, 0.05) is 6.42 Å². The Morgan fingerprint density at radius 3 is 2.13 bits per heavy atom. The third-order valence-corrected chi connectivity index (χ3v) is 2.37. The highest BCUT2D eigenvalue weighted by Gasteiger charge is 1.88. The van der Waals surface area contributed by atoms with Gasteiger partial charge >= 0.3 is 0 Å². The van der Waals surface area contributed by atoms with Crippen molar-refractivity contribution >= 4 is 6.29 Å². The van der Waals surface area contributed by atoms with E-state index in [4.69, 9.17) is 0 Å². The molecule has 0 spiro atoms. The zero-order valence-corrected chi connectivity index (χ0v) is 9.95. The van der Waals surface area contributed by atoms with Gasteiger partial charge in [-0.05, 0) is 32.6 Å². The molecule has 1 heteroatoms. The second-order valence-corrected chi connectivity index (χ2v) is 3.79. The molecule has 0 aromatic rings. The summed E-state index contributed by atoms with van der Waals surface area (Å²) >= 11 is 0. The molecule has 0 bridgehead atoms. The highest BCUT2D eigenvalue weighted by atomic mass is 16.1. The number of unbranched alkanes of at least 4 members (excludes halogenated alkanes) is 6. The Balaban J connectivity index is 3.04. The van der Waals surface area contributed by atoms with E-state index < -0.39 is 0 Å². The molecule has 0 amide bonds. The molecule has 1 nitrogen and oxygen atoms in total. The summed E-state index contributed by atoms with van der Waals surface area (Å²) < 4.78 is 0. The van der Waals surface area contributed by atoms with Crippen molar-refractivity contribution in [3.8, 4) is 0 Å². The van der Waals surface area contributed by atoms with Gasteiger partial charge in [0.2, 0.25) is 0 Å². The van der Waals surface area contributed by atoms with Crippen molar-refractivity contribution < 1.29 is 4.79 Å². The van der Waals surface area contributed by atoms with Crippen molar-refractivity contribution in [1.29, 1.82) is 0 Å². The van der Waals surface area contributed by atoms with Crippen molar-refractivity contribution in [3.05, 3.63) is 24.3 Å². The lowest BCUT2D eigenvalue weighted by atomic mass is 10.1. The molecule has 0 atom stereocenters. The van der Waals surface area contributed by atoms with Crippen LogP contribution >= 0.6 is 0 Å². The van der Waals surface area contributed by atoms with Crippen LogP contribution in [0.4, 0.5) is 0 Å². The van der Waals surface area contributed by atoms with E-state index in [-0.39, 0.29) is 0 Å². The molecule has 0 aromatic carbocycles. The second kappa shape index (κ2) is 13.2. The molecular formula is C14H24O. The minimum absolute atomic E-state index is 0.739. The van der Waals surface area contributed by atoms with Gasteiger partial charge in [-0.1, -0.05) is 43.6 Å². The zero-order chi connectivity index (χ0) is 11.2. The van der Waals surface area contributed by atoms with Gasteiger partial charge in [-0.2, -0.15) is 0 Å². The Morgan fingerprint density at radius 1 is 0.800 bits per heavy atom. The summed E-state index contributed by atoms with van der Waals surface area (Å²) in [6.45, 7) is 2.05. The second-order valence-electron chi connectivity index (χ2n) is 3.79. The standard InChI is InChI=1S/C14H24O/c1-2-3-4-5-6-7-8-9-10-11-12-13-14-15/h2-3,5-6,14H,4,7-13H2,1H3/b3-2?,6-5+. The molecule has 86 valence electrons. The number of carbonyl (C=O) groups excluding carboxylic acids is 1. The van der Waals surface area contributed by atoms with E-state index in [1.807, 2.05) is 6.92 Å². The average molecular weight is 208 g/mol. The number of rotatable bonds is 10. The van der Waals surface area contributed by atoms with Crippen molar-refractivity contribution in [2.45, 2.75) is 58.3 Å². The molecule has 0 fully saturated rings. The fourth-order valence-corrected chi connectivity index (χ4v) is 1.45. The van der Waals surface area contributed by atoms with Crippen LogP contribution in [0, 0.1) is 0 Å². The Labute approximate surface area is 94.3 Å². The van der Waals surface area contributed by atoms with Crippen LogP contribution in [0.3, 0.4) is 0 Å². The number of allylic oxidation sites excluding steroid dienone is 4. The maximum absolute atomic E-state index is 10.1. The number of carbonyl (C=O) groups is 1. The molecule has 0 saturated carbocycles. The van der Waals surface area contributed by atoms with E-state index in [1.54, 1.807) is 0 Å². The largest absolute Gasteiger partial charge is 0.303 e. The normalized spacial score (nSPS) is 11.5. The minimum atomic E-state index is 0.739. The van der Waals surface area contributed by atoms with Crippen molar-refractivity contribution in [1.82, 2.24) is 0 Å². The van der Waals surface area contributed by atoms with Gasteiger partial charge in [-0.15, -0.1) is 0 Å². The molecule has 0 radical (unpaired) electrons. The van der Waals surface area contributed by atoms with Crippen LogP contribution in [0.25, 0.3) is 0 Å². The van der Waals surface area contributed by atoms with Crippen LogP contribution in [-0.2, 0) is 4.79 Å². The SMILES string of the molecule is CC=CC/C=C/CCCCCCCC=O. The lowest BCUT2D eigenvalue weighted by Crippen LogP contribution is -1.80. The first kappa shape index (κ1) is 14.2. The quantitative estimate of drug-likeness (QED) is 0.295. The summed E-state index contributed by atoms with van der Waals surface area (Å²) in [5.41, 5.74) is 0. The third-order valence-electron chi connectivity index (χ3n) is 2.37. The molecule has 0 aliphatic carbocycles. The van der Waals surface area contributed by atoms with Crippen LogP contribution in [0.2, 0.25) is 0 Å². The molecule has 0 aliphatic heterocycles. The average Bonchev–Trinajstić information content (AvgIpc) is 2.26. The Hall–Kier alpha value is -0.850. The molecule has 0 heterocycles. The number of aldehydes is 1. The summed E-state index contributed by atoms with van der Waals surface area (Å²) in [5.74, 6) is 0. The van der Waals surface area contributed by atoms with E-state index in [2.05, 4.69) is 24.3 Å². The van der Waals surface area contributed by atoms with Crippen molar-refractivity contribution in [2.75, 3.05) is 0 Å². The van der Waals surface area contributed by atoms with Crippen LogP contribution in [0.15, 0.2) is 24.3 Å². The third kappa shape index (κ3) is 13.2. The molecule has 0 aromatic heterocycles. The molecule has 0 aliphatic rings. The smallest absolute Gasteiger partial charge is 0.119 e. The van der Waals surface area contributed by atoms with Gasteiger partial charge in [0.1, 0.15) is 6.29 Å². The molecule has 0 rings (SSSR count). The molecule has 0 saturated heterocycles. The molecule has 15 heavy (non-hydrogen) atoms. The summed E-state index contributed by atoms with van der Waals surface area (Å²) in [7, 11) is 0. The molecule has 0 N–H and O–H groups in total. The van der Waals surface area contributed by atoms with E-state index in [0.29, 0.717) is 0 Å². The van der Waals surface area contributed by atoms with Crippen LogP contribution in [-0.4, -0.2) is 6.29 Å². The van der Waals surface area contributed by atoms with Crippen LogP contribution < -0.4 is 0 Å². The van der Waals surface area contributed by atoms with Gasteiger partial charge in [0.15, 0.2) is 0 Å². The minimum Gasteiger partial charge on any atom is -0.303 e. The van der Waals surface area contributed by atoms with Gasteiger partial charge in [-0.25, -0.2) is 0 Å². The first-order chi connectivity index (χ1) is 7.41. The zero-order valence-electron chi connectivity index (χ0n) is 9.95. The van der Waals surface area contributed by atoms with Gasteiger partial charge in [0.05, 0.1) is 0 Å². The predicted molar refractivity (Wildman–Crippen MR) is 67.0 cm³/mol. The van der Waals surface area contributed by atoms with Crippen LogP contribution in [0.5, 0.6) is 0 Å². The first-order valence-electron chi connectivity index (χ1n) is 6.11. The predicted octanol–water partition coefficient (Wildman–Crippen LogP) is 4.44. The highest BCUT2D eigenvalue weighted by Crippen LogP contribution is 2.06. The number of hydrogen-bond donors (Lipinski definition) is 0. The van der Waals surface area contributed by atoms with Crippen molar-refractivity contribution in [2.24, 2.45) is 0 Å². The number of hydrogen-bond acceptors (Lipinski definition) is 1. The van der Waals surface area contributed by atoms with Crippen molar-refractivity contribution in [3.63, 3.8) is 0 Å². The van der Waals surface area contributed by atoms with Gasteiger partial charge in [0.25, 0.3) is 0 Å². The van der Waals surface area contributed by atoms with E-state index in [9.17, 15) is 4.79 Å². The van der Waals surface area contributed by atoms with Gasteiger partial charge < -0.3 is 4.79 Å². The fourth-order valence-electron chi connectivity index (χ4n) is 1.45. The summed E-state index contributed by atoms with van der Waals surface area (Å²) in [6.07, 6.45) is 18.9.